The predicted molar refractivity (Wildman–Crippen MR) is 100 cm³/mol. The lowest BCUT2D eigenvalue weighted by molar-refractivity contribution is -0.134. The Morgan fingerprint density at radius 3 is 2.48 bits per heavy atom. The number of carbonyl (C=O) groups is 1. The van der Waals surface area contributed by atoms with Gasteiger partial charge in [0.25, 0.3) is 0 Å². The summed E-state index contributed by atoms with van der Waals surface area (Å²) in [6.45, 7) is 8.92. The Balaban J connectivity index is 1.71. The minimum absolute atomic E-state index is 0.151. The van der Waals surface area contributed by atoms with E-state index in [1.165, 1.54) is 17.3 Å². The summed E-state index contributed by atoms with van der Waals surface area (Å²) in [6.07, 6.45) is 3.73. The second-order valence-electron chi connectivity index (χ2n) is 6.52. The van der Waals surface area contributed by atoms with Crippen LogP contribution in [0.1, 0.15) is 32.3 Å². The molecule has 1 atom stereocenters. The summed E-state index contributed by atoms with van der Waals surface area (Å²) in [5.74, 6) is 0.662. The van der Waals surface area contributed by atoms with Gasteiger partial charge < -0.3 is 9.64 Å². The number of rotatable bonds is 5. The van der Waals surface area contributed by atoms with E-state index in [-0.39, 0.29) is 11.2 Å². The Hall–Kier alpha value is -1.79. The lowest BCUT2D eigenvalue weighted by atomic mass is 10.0. The molecule has 1 aromatic heterocycles. The van der Waals surface area contributed by atoms with Crippen LogP contribution < -0.4 is 0 Å². The van der Waals surface area contributed by atoms with Gasteiger partial charge in [-0.15, -0.1) is 0 Å². The Labute approximate surface area is 153 Å². The number of ether oxygens (including phenoxy) is 1. The molecular formula is C19H25N3O2S. The highest BCUT2D eigenvalue weighted by atomic mass is 32.2. The second-order valence-corrected chi connectivity index (χ2v) is 7.83. The molecule has 0 saturated carbocycles. The van der Waals surface area contributed by atoms with Crippen LogP contribution in [-0.2, 0) is 9.53 Å². The molecule has 1 aromatic carbocycles. The fourth-order valence-corrected chi connectivity index (χ4v) is 3.81. The lowest BCUT2D eigenvalue weighted by Gasteiger charge is -2.29. The van der Waals surface area contributed by atoms with E-state index in [0.29, 0.717) is 32.2 Å². The van der Waals surface area contributed by atoms with Crippen molar-refractivity contribution >= 4 is 17.7 Å². The summed E-state index contributed by atoms with van der Waals surface area (Å²) < 4.78 is 7.36. The van der Waals surface area contributed by atoms with Gasteiger partial charge >= 0.3 is 0 Å². The maximum atomic E-state index is 12.6. The van der Waals surface area contributed by atoms with E-state index in [2.05, 4.69) is 43.1 Å². The van der Waals surface area contributed by atoms with E-state index in [1.807, 2.05) is 22.6 Å². The molecule has 1 saturated heterocycles. The van der Waals surface area contributed by atoms with Gasteiger partial charge in [-0.1, -0.05) is 37.7 Å². The van der Waals surface area contributed by atoms with Crippen LogP contribution >= 0.6 is 11.8 Å². The first-order chi connectivity index (χ1) is 12.1. The fourth-order valence-electron chi connectivity index (χ4n) is 2.84. The molecule has 0 spiro atoms. The zero-order valence-electron chi connectivity index (χ0n) is 15.0. The lowest BCUT2D eigenvalue weighted by Crippen LogP contribution is -2.44. The number of carbonyl (C=O) groups excluding carboxylic acids is 1. The molecule has 1 aliphatic heterocycles. The third-order valence-corrected chi connectivity index (χ3v) is 5.47. The van der Waals surface area contributed by atoms with E-state index in [9.17, 15) is 4.79 Å². The Kier molecular flexibility index (Phi) is 5.81. The van der Waals surface area contributed by atoms with E-state index in [0.717, 1.165) is 10.8 Å². The highest BCUT2D eigenvalue weighted by Crippen LogP contribution is 2.26. The number of hydrogen-bond acceptors (Lipinski definition) is 4. The van der Waals surface area contributed by atoms with Crippen molar-refractivity contribution in [3.8, 4) is 5.69 Å². The highest BCUT2D eigenvalue weighted by molar-refractivity contribution is 8.00. The largest absolute Gasteiger partial charge is 0.378 e. The molecule has 25 heavy (non-hydrogen) atoms. The van der Waals surface area contributed by atoms with Gasteiger partial charge in [-0.25, -0.2) is 4.98 Å². The van der Waals surface area contributed by atoms with Crippen molar-refractivity contribution in [1.29, 1.82) is 0 Å². The van der Waals surface area contributed by atoms with E-state index in [1.54, 1.807) is 6.20 Å². The fraction of sp³-hybridized carbons (Fsp3) is 0.474. The van der Waals surface area contributed by atoms with Crippen LogP contribution in [0.25, 0.3) is 5.69 Å². The minimum Gasteiger partial charge on any atom is -0.378 e. The van der Waals surface area contributed by atoms with Gasteiger partial charge in [0, 0.05) is 31.2 Å². The minimum atomic E-state index is -0.172. The number of imidazole rings is 1. The topological polar surface area (TPSA) is 47.4 Å². The Morgan fingerprint density at radius 1 is 1.16 bits per heavy atom. The first kappa shape index (κ1) is 18.0. The molecule has 1 aliphatic rings. The average Bonchev–Trinajstić information content (AvgIpc) is 3.10. The quantitative estimate of drug-likeness (QED) is 0.768. The molecule has 0 bridgehead atoms. The maximum Gasteiger partial charge on any atom is 0.236 e. The molecule has 6 heteroatoms. The third kappa shape index (κ3) is 4.25. The zero-order valence-corrected chi connectivity index (χ0v) is 15.8. The van der Waals surface area contributed by atoms with Crippen LogP contribution in [0.3, 0.4) is 0 Å². The Bertz CT molecular complexity index is 706. The number of benzene rings is 1. The van der Waals surface area contributed by atoms with E-state index >= 15 is 0 Å². The molecule has 1 fully saturated rings. The molecule has 0 aliphatic carbocycles. The van der Waals surface area contributed by atoms with Crippen molar-refractivity contribution in [2.45, 2.75) is 37.1 Å². The molecular weight excluding hydrogens is 334 g/mol. The molecule has 0 N–H and O–H groups in total. The van der Waals surface area contributed by atoms with E-state index < -0.39 is 0 Å². The number of nitrogens with zero attached hydrogens (tertiary/aromatic N) is 3. The molecule has 134 valence electrons. The van der Waals surface area contributed by atoms with Crippen molar-refractivity contribution in [1.82, 2.24) is 14.5 Å². The monoisotopic (exact) mass is 359 g/mol. The number of thioether (sulfide) groups is 1. The van der Waals surface area contributed by atoms with Crippen molar-refractivity contribution in [3.63, 3.8) is 0 Å². The first-order valence-corrected chi connectivity index (χ1v) is 9.61. The van der Waals surface area contributed by atoms with Crippen LogP contribution in [0.2, 0.25) is 0 Å². The molecule has 1 unspecified atom stereocenters. The van der Waals surface area contributed by atoms with Crippen LogP contribution in [0.4, 0.5) is 0 Å². The SMILES string of the molecule is CC(Sc1nccn1-c1ccc(C(C)C)cc1)C(=O)N1CCOCC1. The smallest absolute Gasteiger partial charge is 0.236 e. The maximum absolute atomic E-state index is 12.6. The number of hydrogen-bond donors (Lipinski definition) is 0. The molecule has 2 aromatic rings. The molecule has 3 rings (SSSR count). The summed E-state index contributed by atoms with van der Waals surface area (Å²) in [7, 11) is 0. The first-order valence-electron chi connectivity index (χ1n) is 8.73. The second kappa shape index (κ2) is 8.06. The van der Waals surface area contributed by atoms with Crippen molar-refractivity contribution in [2.24, 2.45) is 0 Å². The van der Waals surface area contributed by atoms with Gasteiger partial charge in [-0.3, -0.25) is 9.36 Å². The molecule has 5 nitrogen and oxygen atoms in total. The van der Waals surface area contributed by atoms with Gasteiger partial charge in [0.05, 0.1) is 18.5 Å². The average molecular weight is 359 g/mol. The van der Waals surface area contributed by atoms with Crippen molar-refractivity contribution in [3.05, 3.63) is 42.2 Å². The highest BCUT2D eigenvalue weighted by Gasteiger charge is 2.24. The van der Waals surface area contributed by atoms with Crippen molar-refractivity contribution in [2.75, 3.05) is 26.3 Å². The van der Waals surface area contributed by atoms with Crippen LogP contribution in [-0.4, -0.2) is 51.9 Å². The summed E-state index contributed by atoms with van der Waals surface area (Å²) in [4.78, 5) is 18.9. The number of morpholine rings is 1. The zero-order chi connectivity index (χ0) is 17.8. The van der Waals surface area contributed by atoms with Gasteiger partial charge in [-0.05, 0) is 30.5 Å². The summed E-state index contributed by atoms with van der Waals surface area (Å²) >= 11 is 1.50. The van der Waals surface area contributed by atoms with Gasteiger partial charge in [0.1, 0.15) is 0 Å². The number of aromatic nitrogens is 2. The van der Waals surface area contributed by atoms with Gasteiger partial charge in [0.15, 0.2) is 5.16 Å². The summed E-state index contributed by atoms with van der Waals surface area (Å²) in [5.41, 5.74) is 2.38. The third-order valence-electron chi connectivity index (χ3n) is 4.40. The summed E-state index contributed by atoms with van der Waals surface area (Å²) in [5, 5.41) is 0.667. The predicted octanol–water partition coefficient (Wildman–Crippen LogP) is 3.34. The van der Waals surface area contributed by atoms with Crippen LogP contribution in [0, 0.1) is 0 Å². The Morgan fingerprint density at radius 2 is 1.84 bits per heavy atom. The molecule has 2 heterocycles. The van der Waals surface area contributed by atoms with Crippen molar-refractivity contribution < 1.29 is 9.53 Å². The van der Waals surface area contributed by atoms with Gasteiger partial charge in [0.2, 0.25) is 5.91 Å². The normalized spacial score (nSPS) is 16.2. The van der Waals surface area contributed by atoms with E-state index in [4.69, 9.17) is 4.74 Å². The van der Waals surface area contributed by atoms with Crippen LogP contribution in [0.15, 0.2) is 41.8 Å². The standard InChI is InChI=1S/C19H25N3O2S/c1-14(2)16-4-6-17(7-5-16)22-9-8-20-19(22)25-15(3)18(23)21-10-12-24-13-11-21/h4-9,14-15H,10-13H2,1-3H3. The molecule has 1 amide bonds. The summed E-state index contributed by atoms with van der Waals surface area (Å²) in [6, 6.07) is 8.51. The number of amides is 1. The van der Waals surface area contributed by atoms with Crippen LogP contribution in [0.5, 0.6) is 0 Å². The molecule has 0 radical (unpaired) electrons. The van der Waals surface area contributed by atoms with Gasteiger partial charge in [-0.2, -0.15) is 0 Å².